The molecule has 0 aliphatic carbocycles. The molecule has 1 aliphatic heterocycles. The van der Waals surface area contributed by atoms with Gasteiger partial charge in [-0.15, -0.1) is 0 Å². The lowest BCUT2D eigenvalue weighted by Crippen LogP contribution is -2.26. The van der Waals surface area contributed by atoms with Gasteiger partial charge in [-0.2, -0.15) is 0 Å². The summed E-state index contributed by atoms with van der Waals surface area (Å²) in [6, 6.07) is 4.90. The molecule has 0 fully saturated rings. The summed E-state index contributed by atoms with van der Waals surface area (Å²) in [6.45, 7) is -0.137. The fraction of sp³-hybridized carbons (Fsp3) is 0.0667. The van der Waals surface area contributed by atoms with Gasteiger partial charge in [0, 0.05) is 17.3 Å². The van der Waals surface area contributed by atoms with Crippen LogP contribution in [-0.2, 0) is 4.79 Å². The van der Waals surface area contributed by atoms with Crippen LogP contribution in [0.4, 0.5) is 15.8 Å². The van der Waals surface area contributed by atoms with Crippen molar-refractivity contribution in [3.05, 3.63) is 50.7 Å². The van der Waals surface area contributed by atoms with Gasteiger partial charge in [0.25, 0.3) is 5.91 Å². The van der Waals surface area contributed by atoms with Crippen LogP contribution in [-0.4, -0.2) is 18.3 Å². The van der Waals surface area contributed by atoms with Crippen molar-refractivity contribution in [1.29, 1.82) is 0 Å². The highest BCUT2D eigenvalue weighted by molar-refractivity contribution is 9.10. The van der Waals surface area contributed by atoms with Gasteiger partial charge >= 0.3 is 0 Å². The van der Waals surface area contributed by atoms with Crippen molar-refractivity contribution in [2.24, 2.45) is 0 Å². The molecule has 3 rings (SSSR count). The molecule has 0 spiro atoms. The second kappa shape index (κ2) is 5.82. The molecule has 5 nitrogen and oxygen atoms in total. The van der Waals surface area contributed by atoms with Gasteiger partial charge in [0.15, 0.2) is 12.4 Å². The third-order valence-corrected chi connectivity index (χ3v) is 4.41. The molecule has 2 aromatic carbocycles. The van der Waals surface area contributed by atoms with Crippen molar-refractivity contribution in [3.63, 3.8) is 0 Å². The smallest absolute Gasteiger partial charge is 0.262 e. The standard InChI is InChI=1S/C15H9BrClFN2O3/c16-13-12(15(22)7-3-6(18)1-2-8(7)17)9(19)4-10-14(13)20-11(21)5-23-10/h1-4H,5,19H2,(H,20,21). The molecule has 0 aromatic heterocycles. The molecule has 0 radical (unpaired) electrons. The number of halogens is 3. The van der Waals surface area contributed by atoms with Gasteiger partial charge in [0.05, 0.1) is 20.7 Å². The Morgan fingerprint density at radius 3 is 2.87 bits per heavy atom. The van der Waals surface area contributed by atoms with Crippen LogP contribution in [0.15, 0.2) is 28.7 Å². The fourth-order valence-corrected chi connectivity index (χ4v) is 3.14. The summed E-state index contributed by atoms with van der Waals surface area (Å²) in [6.07, 6.45) is 0. The molecule has 3 N–H and O–H groups in total. The Balaban J connectivity index is 2.16. The number of ketones is 1. The Hall–Kier alpha value is -2.12. The number of rotatable bonds is 2. The second-order valence-corrected chi connectivity index (χ2v) is 6.02. The van der Waals surface area contributed by atoms with Crippen LogP contribution < -0.4 is 15.8 Å². The van der Waals surface area contributed by atoms with E-state index in [1.165, 1.54) is 12.1 Å². The van der Waals surface area contributed by atoms with Gasteiger partial charge in [-0.1, -0.05) is 11.6 Å². The summed E-state index contributed by atoms with van der Waals surface area (Å²) >= 11 is 9.23. The Labute approximate surface area is 143 Å². The molecule has 0 saturated heterocycles. The van der Waals surface area contributed by atoms with E-state index in [2.05, 4.69) is 21.2 Å². The Morgan fingerprint density at radius 2 is 2.13 bits per heavy atom. The third-order valence-electron chi connectivity index (χ3n) is 3.28. The molecule has 1 amide bonds. The first-order chi connectivity index (χ1) is 10.9. The van der Waals surface area contributed by atoms with Crippen LogP contribution in [0.3, 0.4) is 0 Å². The lowest BCUT2D eigenvalue weighted by Gasteiger charge is -2.21. The average Bonchev–Trinajstić information content (AvgIpc) is 2.50. The topological polar surface area (TPSA) is 81.4 Å². The zero-order valence-electron chi connectivity index (χ0n) is 11.5. The zero-order chi connectivity index (χ0) is 16.7. The molecule has 23 heavy (non-hydrogen) atoms. The van der Waals surface area contributed by atoms with Crippen LogP contribution in [0.25, 0.3) is 0 Å². The van der Waals surface area contributed by atoms with Crippen molar-refractivity contribution in [2.45, 2.75) is 0 Å². The molecule has 2 aromatic rings. The van der Waals surface area contributed by atoms with Gasteiger partial charge < -0.3 is 15.8 Å². The SMILES string of the molecule is Nc1cc2c(c(Br)c1C(=O)c1cc(F)ccc1Cl)NC(=O)CO2. The van der Waals surface area contributed by atoms with Crippen LogP contribution in [0.1, 0.15) is 15.9 Å². The number of hydrogen-bond donors (Lipinski definition) is 2. The number of anilines is 2. The molecule has 0 atom stereocenters. The number of benzene rings is 2. The summed E-state index contributed by atoms with van der Waals surface area (Å²) < 4.78 is 18.9. The summed E-state index contributed by atoms with van der Waals surface area (Å²) in [7, 11) is 0. The maximum absolute atomic E-state index is 13.4. The predicted octanol–water partition coefficient (Wildman–Crippen LogP) is 3.39. The van der Waals surface area contributed by atoms with Crippen molar-refractivity contribution >= 4 is 50.6 Å². The maximum atomic E-state index is 13.4. The monoisotopic (exact) mass is 398 g/mol. The van der Waals surface area contributed by atoms with Gasteiger partial charge in [0.1, 0.15) is 11.6 Å². The number of ether oxygens (including phenoxy) is 1. The van der Waals surface area contributed by atoms with Crippen LogP contribution in [0, 0.1) is 5.82 Å². The van der Waals surface area contributed by atoms with E-state index in [1.807, 2.05) is 0 Å². The van der Waals surface area contributed by atoms with Gasteiger partial charge in [-0.05, 0) is 34.1 Å². The molecular formula is C15H9BrClFN2O3. The van der Waals surface area contributed by atoms with Gasteiger partial charge in [0.2, 0.25) is 0 Å². The lowest BCUT2D eigenvalue weighted by molar-refractivity contribution is -0.118. The number of fused-ring (bicyclic) bond motifs is 1. The van der Waals surface area contributed by atoms with Crippen molar-refractivity contribution in [1.82, 2.24) is 0 Å². The van der Waals surface area contributed by atoms with E-state index in [0.29, 0.717) is 11.4 Å². The van der Waals surface area contributed by atoms with E-state index in [4.69, 9.17) is 22.1 Å². The highest BCUT2D eigenvalue weighted by Crippen LogP contribution is 2.42. The Morgan fingerprint density at radius 1 is 1.39 bits per heavy atom. The third kappa shape index (κ3) is 2.77. The minimum atomic E-state index is -0.595. The van der Waals surface area contributed by atoms with Crippen LogP contribution in [0.2, 0.25) is 5.02 Å². The normalized spacial score (nSPS) is 13.1. The number of amides is 1. The van der Waals surface area contributed by atoms with Gasteiger partial charge in [-0.3, -0.25) is 9.59 Å². The summed E-state index contributed by atoms with van der Waals surface area (Å²) in [5.41, 5.74) is 6.39. The number of nitrogen functional groups attached to an aromatic ring is 1. The number of carbonyl (C=O) groups excluding carboxylic acids is 2. The molecule has 118 valence electrons. The number of nitrogens with two attached hydrogens (primary N) is 1. The number of hydrogen-bond acceptors (Lipinski definition) is 4. The van der Waals surface area contributed by atoms with E-state index < -0.39 is 11.6 Å². The highest BCUT2D eigenvalue weighted by atomic mass is 79.9. The number of carbonyl (C=O) groups is 2. The minimum absolute atomic E-state index is 0.0259. The highest BCUT2D eigenvalue weighted by Gasteiger charge is 2.27. The Kier molecular flexibility index (Phi) is 3.99. The first-order valence-corrected chi connectivity index (χ1v) is 7.60. The van der Waals surface area contributed by atoms with Crippen molar-refractivity contribution in [3.8, 4) is 5.75 Å². The van der Waals surface area contributed by atoms with E-state index in [-0.39, 0.29) is 38.8 Å². The molecule has 1 aliphatic rings. The molecule has 8 heteroatoms. The van der Waals surface area contributed by atoms with E-state index in [9.17, 15) is 14.0 Å². The van der Waals surface area contributed by atoms with E-state index in [1.54, 1.807) is 0 Å². The number of nitrogens with one attached hydrogen (secondary N) is 1. The summed E-state index contributed by atoms with van der Waals surface area (Å²) in [4.78, 5) is 24.2. The van der Waals surface area contributed by atoms with Crippen LogP contribution >= 0.6 is 27.5 Å². The lowest BCUT2D eigenvalue weighted by atomic mass is 10.00. The first kappa shape index (κ1) is 15.8. The molecule has 0 bridgehead atoms. The van der Waals surface area contributed by atoms with Gasteiger partial charge in [-0.25, -0.2) is 4.39 Å². The quantitative estimate of drug-likeness (QED) is 0.599. The molecule has 1 heterocycles. The summed E-state index contributed by atoms with van der Waals surface area (Å²) in [5, 5.41) is 2.70. The maximum Gasteiger partial charge on any atom is 0.262 e. The second-order valence-electron chi connectivity index (χ2n) is 4.82. The predicted molar refractivity (Wildman–Crippen MR) is 87.5 cm³/mol. The largest absolute Gasteiger partial charge is 0.481 e. The molecule has 0 saturated carbocycles. The zero-order valence-corrected chi connectivity index (χ0v) is 13.8. The molecule has 0 unspecified atom stereocenters. The molecular weight excluding hydrogens is 391 g/mol. The summed E-state index contributed by atoms with van der Waals surface area (Å²) in [5.74, 6) is -1.18. The van der Waals surface area contributed by atoms with Crippen molar-refractivity contribution in [2.75, 3.05) is 17.7 Å². The average molecular weight is 400 g/mol. The van der Waals surface area contributed by atoms with Crippen LogP contribution in [0.5, 0.6) is 5.75 Å². The fourth-order valence-electron chi connectivity index (χ4n) is 2.23. The Bertz CT molecular complexity index is 857. The van der Waals surface area contributed by atoms with E-state index >= 15 is 0 Å². The minimum Gasteiger partial charge on any atom is -0.481 e. The van der Waals surface area contributed by atoms with E-state index in [0.717, 1.165) is 12.1 Å². The first-order valence-electron chi connectivity index (χ1n) is 6.43. The van der Waals surface area contributed by atoms with Crippen molar-refractivity contribution < 1.29 is 18.7 Å².